The first-order valence-electron chi connectivity index (χ1n) is 7.55. The van der Waals surface area contributed by atoms with Gasteiger partial charge in [-0.2, -0.15) is 5.10 Å². The molecule has 0 amide bonds. The molecule has 0 radical (unpaired) electrons. The van der Waals surface area contributed by atoms with E-state index >= 15 is 0 Å². The largest absolute Gasteiger partial charge is 0.301 e. The third-order valence-electron chi connectivity index (χ3n) is 3.49. The topological polar surface area (TPSA) is 111 Å². The minimum absolute atomic E-state index is 0.0994. The molecular formula is C17H18N4O4. The molecule has 2 rings (SSSR count). The number of nitrogens with one attached hydrogen (secondary N) is 1. The number of benzene rings is 2. The van der Waals surface area contributed by atoms with Gasteiger partial charge >= 0.3 is 5.69 Å². The van der Waals surface area contributed by atoms with E-state index in [4.69, 9.17) is 0 Å². The molecule has 0 fully saturated rings. The first-order chi connectivity index (χ1) is 11.8. The van der Waals surface area contributed by atoms with Gasteiger partial charge in [0, 0.05) is 17.7 Å². The van der Waals surface area contributed by atoms with Crippen molar-refractivity contribution in [3.8, 4) is 0 Å². The van der Waals surface area contributed by atoms with Gasteiger partial charge in [0.25, 0.3) is 5.69 Å². The van der Waals surface area contributed by atoms with Crippen molar-refractivity contribution in [2.75, 3.05) is 5.43 Å². The second kappa shape index (κ2) is 7.52. The number of hydrogen-bond acceptors (Lipinski definition) is 6. The van der Waals surface area contributed by atoms with Crippen LogP contribution in [0, 0.1) is 25.6 Å². The van der Waals surface area contributed by atoms with Gasteiger partial charge in [-0.05, 0) is 18.1 Å². The lowest BCUT2D eigenvalue weighted by Gasteiger charge is -2.19. The van der Waals surface area contributed by atoms with Crippen LogP contribution in [0.1, 0.15) is 19.4 Å². The van der Waals surface area contributed by atoms with Gasteiger partial charge in [0.1, 0.15) is 5.69 Å². The minimum Gasteiger partial charge on any atom is -0.272 e. The van der Waals surface area contributed by atoms with Crippen molar-refractivity contribution in [3.05, 3.63) is 74.3 Å². The highest BCUT2D eigenvalue weighted by molar-refractivity contribution is 5.70. The highest BCUT2D eigenvalue weighted by Gasteiger charge is 2.20. The van der Waals surface area contributed by atoms with E-state index in [0.717, 1.165) is 18.1 Å². The monoisotopic (exact) mass is 342 g/mol. The third kappa shape index (κ3) is 5.10. The second-order valence-electron chi connectivity index (χ2n) is 6.24. The molecule has 1 N–H and O–H groups in total. The summed E-state index contributed by atoms with van der Waals surface area (Å²) in [6, 6.07) is 13.3. The molecule has 130 valence electrons. The summed E-state index contributed by atoms with van der Waals surface area (Å²) in [6.07, 6.45) is 2.42. The zero-order valence-corrected chi connectivity index (χ0v) is 13.9. The van der Waals surface area contributed by atoms with E-state index in [2.05, 4.69) is 10.5 Å². The van der Waals surface area contributed by atoms with Crippen molar-refractivity contribution in [1.29, 1.82) is 0 Å². The van der Waals surface area contributed by atoms with Crippen LogP contribution in [0.15, 0.2) is 53.6 Å². The van der Waals surface area contributed by atoms with Crippen LogP contribution in [-0.2, 0) is 6.42 Å². The molecule has 0 atom stereocenters. The van der Waals surface area contributed by atoms with Crippen LogP contribution >= 0.6 is 0 Å². The zero-order valence-electron chi connectivity index (χ0n) is 13.9. The summed E-state index contributed by atoms with van der Waals surface area (Å²) in [5.41, 5.74) is 2.85. The van der Waals surface area contributed by atoms with E-state index in [-0.39, 0.29) is 16.8 Å². The van der Waals surface area contributed by atoms with Crippen LogP contribution in [0.4, 0.5) is 17.1 Å². The maximum Gasteiger partial charge on any atom is 0.301 e. The summed E-state index contributed by atoms with van der Waals surface area (Å²) >= 11 is 0. The fourth-order valence-electron chi connectivity index (χ4n) is 2.32. The number of hydrazone groups is 1. The Kier molecular flexibility index (Phi) is 5.43. The van der Waals surface area contributed by atoms with Gasteiger partial charge in [0.2, 0.25) is 0 Å². The predicted octanol–water partition coefficient (Wildman–Crippen LogP) is 4.17. The zero-order chi connectivity index (χ0) is 18.4. The number of hydrogen-bond donors (Lipinski definition) is 1. The average molecular weight is 342 g/mol. The summed E-state index contributed by atoms with van der Waals surface area (Å²) < 4.78 is 0. The molecule has 0 heterocycles. The van der Waals surface area contributed by atoms with E-state index in [1.54, 1.807) is 6.21 Å². The Labute approximate surface area is 144 Å². The molecule has 0 unspecified atom stereocenters. The maximum atomic E-state index is 11.1. The van der Waals surface area contributed by atoms with Crippen LogP contribution in [0.5, 0.6) is 0 Å². The van der Waals surface area contributed by atoms with Crippen molar-refractivity contribution in [2.45, 2.75) is 20.3 Å². The number of nitro groups is 2. The SMILES string of the molecule is CC(C)(/C=N/Nc1ccc([N+](=O)[O-])cc1[N+](=O)[O-])Cc1ccccc1. The van der Waals surface area contributed by atoms with Gasteiger partial charge in [-0.1, -0.05) is 44.2 Å². The Hall–Kier alpha value is -3.29. The predicted molar refractivity (Wildman–Crippen MR) is 95.8 cm³/mol. The molecule has 0 saturated carbocycles. The summed E-state index contributed by atoms with van der Waals surface area (Å²) in [6.45, 7) is 3.99. The number of rotatable bonds is 7. The number of nitro benzene ring substituents is 2. The van der Waals surface area contributed by atoms with E-state index in [9.17, 15) is 20.2 Å². The number of anilines is 1. The van der Waals surface area contributed by atoms with Crippen LogP contribution in [0.3, 0.4) is 0 Å². The molecule has 0 aliphatic heterocycles. The molecule has 0 aromatic heterocycles. The summed E-state index contributed by atoms with van der Waals surface area (Å²) in [5, 5.41) is 25.9. The van der Waals surface area contributed by atoms with Gasteiger partial charge in [-0.25, -0.2) is 0 Å². The van der Waals surface area contributed by atoms with Gasteiger partial charge in [0.05, 0.1) is 15.9 Å². The minimum atomic E-state index is -0.681. The quantitative estimate of drug-likeness (QED) is 0.461. The third-order valence-corrected chi connectivity index (χ3v) is 3.49. The van der Waals surface area contributed by atoms with Crippen molar-refractivity contribution in [3.63, 3.8) is 0 Å². The van der Waals surface area contributed by atoms with E-state index in [1.165, 1.54) is 12.1 Å². The maximum absolute atomic E-state index is 11.1. The lowest BCUT2D eigenvalue weighted by molar-refractivity contribution is -0.393. The lowest BCUT2D eigenvalue weighted by Crippen LogP contribution is -2.17. The average Bonchev–Trinajstić information content (AvgIpc) is 2.55. The van der Waals surface area contributed by atoms with E-state index < -0.39 is 15.5 Å². The molecule has 0 saturated heterocycles. The van der Waals surface area contributed by atoms with Crippen molar-refractivity contribution in [1.82, 2.24) is 0 Å². The summed E-state index contributed by atoms with van der Waals surface area (Å²) in [5.74, 6) is 0. The Morgan fingerprint density at radius 1 is 1.08 bits per heavy atom. The van der Waals surface area contributed by atoms with Gasteiger partial charge in [-0.3, -0.25) is 25.7 Å². The molecular weight excluding hydrogens is 324 g/mol. The van der Waals surface area contributed by atoms with Crippen molar-refractivity contribution >= 4 is 23.3 Å². The number of non-ortho nitro benzene ring substituents is 1. The summed E-state index contributed by atoms with van der Waals surface area (Å²) in [7, 11) is 0. The Morgan fingerprint density at radius 3 is 2.36 bits per heavy atom. The molecule has 0 bridgehead atoms. The van der Waals surface area contributed by atoms with E-state index in [0.29, 0.717) is 0 Å². The first kappa shape index (κ1) is 18.1. The van der Waals surface area contributed by atoms with Crippen molar-refractivity contribution in [2.24, 2.45) is 10.5 Å². The second-order valence-corrected chi connectivity index (χ2v) is 6.24. The fourth-order valence-corrected chi connectivity index (χ4v) is 2.32. The summed E-state index contributed by atoms with van der Waals surface area (Å²) in [4.78, 5) is 20.5. The standard InChI is InChI=1S/C17H18N4O4/c1-17(2,11-13-6-4-3-5-7-13)12-18-19-15-9-8-14(20(22)23)10-16(15)21(24)25/h3-10,12,19H,11H2,1-2H3/b18-12+. The highest BCUT2D eigenvalue weighted by Crippen LogP contribution is 2.29. The first-order valence-corrected chi connectivity index (χ1v) is 7.55. The van der Waals surface area contributed by atoms with Crippen LogP contribution in [0.25, 0.3) is 0 Å². The Morgan fingerprint density at radius 2 is 1.76 bits per heavy atom. The van der Waals surface area contributed by atoms with Gasteiger partial charge < -0.3 is 0 Å². The molecule has 0 aliphatic rings. The highest BCUT2D eigenvalue weighted by atomic mass is 16.6. The molecule has 2 aromatic rings. The number of nitrogens with zero attached hydrogens (tertiary/aromatic N) is 3. The Bertz CT molecular complexity index is 804. The fraction of sp³-hybridized carbons (Fsp3) is 0.235. The smallest absolute Gasteiger partial charge is 0.272 e. The van der Waals surface area contributed by atoms with Crippen molar-refractivity contribution < 1.29 is 9.85 Å². The molecule has 2 aromatic carbocycles. The van der Waals surface area contributed by atoms with E-state index in [1.807, 2.05) is 44.2 Å². The lowest BCUT2D eigenvalue weighted by atomic mass is 9.87. The Balaban J connectivity index is 2.13. The molecule has 8 heteroatoms. The van der Waals surface area contributed by atoms with Crippen LogP contribution in [-0.4, -0.2) is 16.1 Å². The van der Waals surface area contributed by atoms with Crippen LogP contribution in [0.2, 0.25) is 0 Å². The molecule has 25 heavy (non-hydrogen) atoms. The molecule has 8 nitrogen and oxygen atoms in total. The van der Waals surface area contributed by atoms with Gasteiger partial charge in [-0.15, -0.1) is 0 Å². The molecule has 0 aliphatic carbocycles. The van der Waals surface area contributed by atoms with Gasteiger partial charge in [0.15, 0.2) is 0 Å². The van der Waals surface area contributed by atoms with Crippen LogP contribution < -0.4 is 5.43 Å². The normalized spacial score (nSPS) is 11.4. The molecule has 0 spiro atoms.